The van der Waals surface area contributed by atoms with Gasteiger partial charge in [0.1, 0.15) is 0 Å². The maximum Gasteiger partial charge on any atom is 0.0713 e. The monoisotopic (exact) mass is 175 g/mol. The van der Waals surface area contributed by atoms with Crippen molar-refractivity contribution in [3.63, 3.8) is 0 Å². The van der Waals surface area contributed by atoms with Crippen LogP contribution in [0.4, 0.5) is 0 Å². The molecule has 1 aromatic carbocycles. The van der Waals surface area contributed by atoms with E-state index in [0.29, 0.717) is 13.0 Å². The molecule has 13 heavy (non-hydrogen) atoms. The van der Waals surface area contributed by atoms with E-state index in [1.807, 2.05) is 18.2 Å². The minimum Gasteiger partial charge on any atom is -0.380 e. The average Bonchev–Trinajstić information content (AvgIpc) is 2.16. The maximum atomic E-state index is 8.43. The van der Waals surface area contributed by atoms with Crippen molar-refractivity contribution in [3.8, 4) is 6.07 Å². The highest BCUT2D eigenvalue weighted by atomic mass is 16.5. The Morgan fingerprint density at radius 1 is 1.38 bits per heavy atom. The highest BCUT2D eigenvalue weighted by Crippen LogP contribution is 2.08. The minimum atomic E-state index is 0.580. The van der Waals surface area contributed by atoms with Gasteiger partial charge in [0.05, 0.1) is 12.7 Å². The van der Waals surface area contributed by atoms with Gasteiger partial charge in [0.15, 0.2) is 0 Å². The summed E-state index contributed by atoms with van der Waals surface area (Å²) < 4.78 is 5.02. The Balaban J connectivity index is 2.63. The smallest absolute Gasteiger partial charge is 0.0713 e. The molecule has 0 saturated heterocycles. The predicted molar refractivity (Wildman–Crippen MR) is 51.1 cm³/mol. The van der Waals surface area contributed by atoms with Gasteiger partial charge in [0.2, 0.25) is 0 Å². The molecule has 1 rings (SSSR count). The quantitative estimate of drug-likeness (QED) is 0.703. The molecule has 0 aliphatic carbocycles. The second-order valence-corrected chi connectivity index (χ2v) is 2.91. The molecule has 2 heteroatoms. The molecule has 68 valence electrons. The molecule has 0 fully saturated rings. The van der Waals surface area contributed by atoms with Gasteiger partial charge >= 0.3 is 0 Å². The van der Waals surface area contributed by atoms with Gasteiger partial charge in [-0.15, -0.1) is 0 Å². The average molecular weight is 175 g/mol. The third kappa shape index (κ3) is 3.27. The molecular weight excluding hydrogens is 162 g/mol. The Morgan fingerprint density at radius 3 is 2.85 bits per heavy atom. The fourth-order valence-corrected chi connectivity index (χ4v) is 1.24. The number of nitrogens with zero attached hydrogens (tertiary/aromatic N) is 1. The Kier molecular flexibility index (Phi) is 4.01. The number of hydrogen-bond acceptors (Lipinski definition) is 2. The Hall–Kier alpha value is -1.33. The standard InChI is InChI=1S/C11H13NO/c1-13-9-11-5-2-4-10(8-11)6-3-7-12/h2,4-5,8H,3,6,9H2,1H3. The van der Waals surface area contributed by atoms with Gasteiger partial charge in [-0.2, -0.15) is 5.26 Å². The van der Waals surface area contributed by atoms with Crippen molar-refractivity contribution in [2.24, 2.45) is 0 Å². The van der Waals surface area contributed by atoms with Crippen molar-refractivity contribution >= 4 is 0 Å². The van der Waals surface area contributed by atoms with E-state index in [-0.39, 0.29) is 0 Å². The van der Waals surface area contributed by atoms with Gasteiger partial charge in [-0.25, -0.2) is 0 Å². The Morgan fingerprint density at radius 2 is 2.15 bits per heavy atom. The third-order valence-corrected chi connectivity index (χ3v) is 1.83. The molecule has 0 N–H and O–H groups in total. The molecule has 1 aromatic rings. The van der Waals surface area contributed by atoms with Gasteiger partial charge < -0.3 is 4.74 Å². The van der Waals surface area contributed by atoms with Crippen molar-refractivity contribution in [3.05, 3.63) is 35.4 Å². The summed E-state index contributed by atoms with van der Waals surface area (Å²) in [6.07, 6.45) is 1.41. The summed E-state index contributed by atoms with van der Waals surface area (Å²) in [5.74, 6) is 0. The summed E-state index contributed by atoms with van der Waals surface area (Å²) >= 11 is 0. The predicted octanol–water partition coefficient (Wildman–Crippen LogP) is 2.29. The zero-order valence-electron chi connectivity index (χ0n) is 7.79. The molecule has 0 aliphatic heterocycles. The van der Waals surface area contributed by atoms with Crippen LogP contribution in [0, 0.1) is 11.3 Å². The number of rotatable bonds is 4. The zero-order valence-corrected chi connectivity index (χ0v) is 7.79. The lowest BCUT2D eigenvalue weighted by Gasteiger charge is -2.02. The van der Waals surface area contributed by atoms with E-state index in [4.69, 9.17) is 10.00 Å². The van der Waals surface area contributed by atoms with Gasteiger partial charge in [0, 0.05) is 13.5 Å². The number of benzene rings is 1. The van der Waals surface area contributed by atoms with E-state index in [1.165, 1.54) is 5.56 Å². The second kappa shape index (κ2) is 5.34. The van der Waals surface area contributed by atoms with E-state index in [9.17, 15) is 0 Å². The summed E-state index contributed by atoms with van der Waals surface area (Å²) in [4.78, 5) is 0. The summed E-state index contributed by atoms with van der Waals surface area (Å²) in [5.41, 5.74) is 2.37. The van der Waals surface area contributed by atoms with Crippen molar-refractivity contribution in [2.75, 3.05) is 7.11 Å². The number of aryl methyl sites for hydroxylation is 1. The van der Waals surface area contributed by atoms with Crippen LogP contribution in [0.1, 0.15) is 17.5 Å². The van der Waals surface area contributed by atoms with Crippen LogP contribution in [0.15, 0.2) is 24.3 Å². The molecule has 0 radical (unpaired) electrons. The molecule has 0 bridgehead atoms. The second-order valence-electron chi connectivity index (χ2n) is 2.91. The zero-order chi connectivity index (χ0) is 9.52. The molecule has 2 nitrogen and oxygen atoms in total. The fraction of sp³-hybridized carbons (Fsp3) is 0.364. The Bertz CT molecular complexity index is 301. The molecule has 0 unspecified atom stereocenters. The minimum absolute atomic E-state index is 0.580. The molecule has 0 aliphatic rings. The first-order valence-electron chi connectivity index (χ1n) is 4.30. The first kappa shape index (κ1) is 9.76. The highest BCUT2D eigenvalue weighted by Gasteiger charge is 1.95. The van der Waals surface area contributed by atoms with Crippen molar-refractivity contribution < 1.29 is 4.74 Å². The molecule has 0 amide bonds. The lowest BCUT2D eigenvalue weighted by Crippen LogP contribution is -1.90. The van der Waals surface area contributed by atoms with Gasteiger partial charge in [-0.05, 0) is 17.5 Å². The van der Waals surface area contributed by atoms with Gasteiger partial charge in [-0.3, -0.25) is 0 Å². The van der Waals surface area contributed by atoms with E-state index < -0.39 is 0 Å². The van der Waals surface area contributed by atoms with Crippen LogP contribution in [0.25, 0.3) is 0 Å². The molecular formula is C11H13NO. The number of ether oxygens (including phenoxy) is 1. The van der Waals surface area contributed by atoms with Crippen LogP contribution in [-0.4, -0.2) is 7.11 Å². The van der Waals surface area contributed by atoms with Crippen LogP contribution in [0.3, 0.4) is 0 Å². The summed E-state index contributed by atoms with van der Waals surface area (Å²) in [5, 5.41) is 8.43. The third-order valence-electron chi connectivity index (χ3n) is 1.83. The molecule has 0 atom stereocenters. The number of methoxy groups -OCH3 is 1. The van der Waals surface area contributed by atoms with Gasteiger partial charge in [0.25, 0.3) is 0 Å². The first-order valence-corrected chi connectivity index (χ1v) is 4.30. The van der Waals surface area contributed by atoms with Crippen LogP contribution in [0.2, 0.25) is 0 Å². The first-order chi connectivity index (χ1) is 6.36. The van der Waals surface area contributed by atoms with E-state index in [2.05, 4.69) is 12.1 Å². The van der Waals surface area contributed by atoms with Crippen LogP contribution in [-0.2, 0) is 17.8 Å². The van der Waals surface area contributed by atoms with E-state index >= 15 is 0 Å². The topological polar surface area (TPSA) is 33.0 Å². The van der Waals surface area contributed by atoms with Crippen molar-refractivity contribution in [2.45, 2.75) is 19.4 Å². The van der Waals surface area contributed by atoms with E-state index in [0.717, 1.165) is 12.0 Å². The van der Waals surface area contributed by atoms with Crippen molar-refractivity contribution in [1.29, 1.82) is 5.26 Å². The largest absolute Gasteiger partial charge is 0.380 e. The van der Waals surface area contributed by atoms with Gasteiger partial charge in [-0.1, -0.05) is 24.3 Å². The summed E-state index contributed by atoms with van der Waals surface area (Å²) in [6.45, 7) is 0.639. The fourth-order valence-electron chi connectivity index (χ4n) is 1.24. The number of nitriles is 1. The summed E-state index contributed by atoms with van der Waals surface area (Å²) in [6, 6.07) is 10.3. The maximum absolute atomic E-state index is 8.43. The Labute approximate surface area is 78.8 Å². The summed E-state index contributed by atoms with van der Waals surface area (Å²) in [7, 11) is 1.68. The highest BCUT2D eigenvalue weighted by molar-refractivity contribution is 5.23. The van der Waals surface area contributed by atoms with Crippen LogP contribution in [0.5, 0.6) is 0 Å². The molecule has 0 aromatic heterocycles. The lowest BCUT2D eigenvalue weighted by molar-refractivity contribution is 0.185. The normalized spacial score (nSPS) is 9.54. The van der Waals surface area contributed by atoms with Crippen LogP contribution < -0.4 is 0 Å². The number of hydrogen-bond donors (Lipinski definition) is 0. The lowest BCUT2D eigenvalue weighted by atomic mass is 10.1. The molecule has 0 heterocycles. The molecule has 0 spiro atoms. The SMILES string of the molecule is COCc1cccc(CCC#N)c1. The van der Waals surface area contributed by atoms with Crippen molar-refractivity contribution in [1.82, 2.24) is 0 Å². The molecule has 0 saturated carbocycles. The van der Waals surface area contributed by atoms with Crippen LogP contribution >= 0.6 is 0 Å². The van der Waals surface area contributed by atoms with E-state index in [1.54, 1.807) is 7.11 Å².